The highest BCUT2D eigenvalue weighted by atomic mass is 16.1. The number of fused-ring (bicyclic) bond motifs is 1. The Bertz CT molecular complexity index is 970. The van der Waals surface area contributed by atoms with Gasteiger partial charge in [0.05, 0.1) is 16.8 Å². The molecule has 3 nitrogen and oxygen atoms in total. The second kappa shape index (κ2) is 7.51. The molecule has 0 unspecified atom stereocenters. The third kappa shape index (κ3) is 3.59. The Morgan fingerprint density at radius 3 is 2.41 bits per heavy atom. The minimum atomic E-state index is 0.0337. The van der Waals surface area contributed by atoms with Crippen molar-refractivity contribution in [1.29, 1.82) is 0 Å². The Balaban J connectivity index is 1.81. The molecule has 1 heterocycles. The molecule has 0 radical (unpaired) electrons. The van der Waals surface area contributed by atoms with Gasteiger partial charge in [0, 0.05) is 17.0 Å². The van der Waals surface area contributed by atoms with Crippen molar-refractivity contribution in [2.24, 2.45) is 0 Å². The van der Waals surface area contributed by atoms with E-state index < -0.39 is 0 Å². The smallest absolute Gasteiger partial charge is 0.252 e. The second-order valence-corrected chi connectivity index (χ2v) is 7.65. The number of aromatic nitrogens is 1. The zero-order valence-electron chi connectivity index (χ0n) is 16.1. The minimum Gasteiger partial charge on any atom is -0.349 e. The lowest BCUT2D eigenvalue weighted by Gasteiger charge is -2.24. The van der Waals surface area contributed by atoms with Crippen LogP contribution in [-0.4, -0.2) is 16.9 Å². The van der Waals surface area contributed by atoms with Crippen molar-refractivity contribution in [1.82, 2.24) is 10.3 Å². The highest BCUT2D eigenvalue weighted by molar-refractivity contribution is 6.09. The molecule has 0 spiro atoms. The molecule has 1 aromatic heterocycles. The van der Waals surface area contributed by atoms with Gasteiger partial charge in [0.2, 0.25) is 0 Å². The van der Waals surface area contributed by atoms with Crippen molar-refractivity contribution in [3.8, 4) is 11.3 Å². The van der Waals surface area contributed by atoms with Gasteiger partial charge in [0.1, 0.15) is 0 Å². The molecule has 3 heteroatoms. The molecule has 1 N–H and O–H groups in total. The van der Waals surface area contributed by atoms with Gasteiger partial charge in [-0.3, -0.25) is 4.79 Å². The zero-order valence-corrected chi connectivity index (χ0v) is 16.1. The molecule has 1 saturated carbocycles. The van der Waals surface area contributed by atoms with Crippen molar-refractivity contribution >= 4 is 16.8 Å². The van der Waals surface area contributed by atoms with Gasteiger partial charge in [0.25, 0.3) is 5.91 Å². The lowest BCUT2D eigenvalue weighted by Crippen LogP contribution is -2.36. The van der Waals surface area contributed by atoms with Crippen molar-refractivity contribution in [2.45, 2.75) is 52.0 Å². The summed E-state index contributed by atoms with van der Waals surface area (Å²) in [6.45, 7) is 4.10. The molecule has 1 fully saturated rings. The van der Waals surface area contributed by atoms with E-state index in [1.807, 2.05) is 31.2 Å². The van der Waals surface area contributed by atoms with Crippen molar-refractivity contribution in [3.63, 3.8) is 0 Å². The highest BCUT2D eigenvalue weighted by Crippen LogP contribution is 2.30. The van der Waals surface area contributed by atoms with Crippen LogP contribution in [0.15, 0.2) is 48.5 Å². The summed E-state index contributed by atoms with van der Waals surface area (Å²) in [7, 11) is 0. The number of benzene rings is 2. The van der Waals surface area contributed by atoms with Crippen LogP contribution in [0.3, 0.4) is 0 Å². The SMILES string of the molecule is Cc1ccc(-c2nc3ccccc3c(C(=O)NC3CCCCC3)c2C)cc1. The number of pyridine rings is 1. The molecule has 0 saturated heterocycles. The van der Waals surface area contributed by atoms with E-state index in [0.717, 1.165) is 46.1 Å². The Labute approximate surface area is 160 Å². The predicted molar refractivity (Wildman–Crippen MR) is 111 cm³/mol. The topological polar surface area (TPSA) is 42.0 Å². The fourth-order valence-electron chi connectivity index (χ4n) is 4.10. The Kier molecular flexibility index (Phi) is 4.93. The Hall–Kier alpha value is -2.68. The summed E-state index contributed by atoms with van der Waals surface area (Å²) in [6, 6.07) is 16.6. The van der Waals surface area contributed by atoms with E-state index in [2.05, 4.69) is 36.5 Å². The van der Waals surface area contributed by atoms with Crippen LogP contribution < -0.4 is 5.32 Å². The van der Waals surface area contributed by atoms with Gasteiger partial charge in [-0.05, 0) is 38.3 Å². The first kappa shape index (κ1) is 17.7. The quantitative estimate of drug-likeness (QED) is 0.664. The molecule has 1 amide bonds. The summed E-state index contributed by atoms with van der Waals surface area (Å²) in [5, 5.41) is 4.22. The van der Waals surface area contributed by atoms with E-state index in [9.17, 15) is 4.79 Å². The fourth-order valence-corrected chi connectivity index (χ4v) is 4.10. The first-order chi connectivity index (χ1) is 13.1. The van der Waals surface area contributed by atoms with E-state index in [1.54, 1.807) is 0 Å². The summed E-state index contributed by atoms with van der Waals surface area (Å²) >= 11 is 0. The number of nitrogens with one attached hydrogen (secondary N) is 1. The first-order valence-electron chi connectivity index (χ1n) is 9.91. The van der Waals surface area contributed by atoms with E-state index in [1.165, 1.54) is 24.8 Å². The monoisotopic (exact) mass is 358 g/mol. The number of amides is 1. The Morgan fingerprint density at radius 2 is 1.67 bits per heavy atom. The average Bonchev–Trinajstić information content (AvgIpc) is 2.69. The Morgan fingerprint density at radius 1 is 0.963 bits per heavy atom. The molecule has 3 aromatic rings. The van der Waals surface area contributed by atoms with Gasteiger partial charge in [-0.15, -0.1) is 0 Å². The van der Waals surface area contributed by atoms with Crippen LogP contribution in [0.25, 0.3) is 22.2 Å². The molecule has 0 atom stereocenters. The number of hydrogen-bond donors (Lipinski definition) is 1. The number of aryl methyl sites for hydroxylation is 1. The van der Waals surface area contributed by atoms with Gasteiger partial charge < -0.3 is 5.32 Å². The number of rotatable bonds is 3. The number of nitrogens with zero attached hydrogens (tertiary/aromatic N) is 1. The number of para-hydroxylation sites is 1. The maximum absolute atomic E-state index is 13.2. The summed E-state index contributed by atoms with van der Waals surface area (Å²) in [5.41, 5.74) is 5.74. The molecule has 2 aromatic carbocycles. The fraction of sp³-hybridized carbons (Fsp3) is 0.333. The second-order valence-electron chi connectivity index (χ2n) is 7.65. The highest BCUT2D eigenvalue weighted by Gasteiger charge is 2.22. The molecule has 1 aliphatic carbocycles. The van der Waals surface area contributed by atoms with Crippen molar-refractivity contribution < 1.29 is 4.79 Å². The molecule has 27 heavy (non-hydrogen) atoms. The van der Waals surface area contributed by atoms with Crippen LogP contribution in [0.4, 0.5) is 0 Å². The summed E-state index contributed by atoms with van der Waals surface area (Å²) in [6.07, 6.45) is 5.85. The molecule has 0 aliphatic heterocycles. The third-order valence-electron chi connectivity index (χ3n) is 5.63. The summed E-state index contributed by atoms with van der Waals surface area (Å²) in [5.74, 6) is 0.0337. The maximum atomic E-state index is 13.2. The molecule has 138 valence electrons. The molecule has 4 rings (SSSR count). The van der Waals surface area contributed by atoms with E-state index in [0.29, 0.717) is 6.04 Å². The van der Waals surface area contributed by atoms with Crippen LogP contribution in [0.1, 0.15) is 53.6 Å². The zero-order chi connectivity index (χ0) is 18.8. The molecule has 1 aliphatic rings. The van der Waals surface area contributed by atoms with Gasteiger partial charge in [-0.2, -0.15) is 0 Å². The molecular weight excluding hydrogens is 332 g/mol. The summed E-state index contributed by atoms with van der Waals surface area (Å²) in [4.78, 5) is 18.1. The normalized spacial score (nSPS) is 15.0. The average molecular weight is 358 g/mol. The predicted octanol–water partition coefficient (Wildman–Crippen LogP) is 5.58. The number of hydrogen-bond acceptors (Lipinski definition) is 2. The number of carbonyl (C=O) groups is 1. The standard InChI is InChI=1S/C24H26N2O/c1-16-12-14-18(15-13-16)23-17(2)22(20-10-6-7-11-21(20)26-23)24(27)25-19-8-4-3-5-9-19/h6-7,10-15,19H,3-5,8-9H2,1-2H3,(H,25,27). The van der Waals surface area contributed by atoms with Gasteiger partial charge in [0.15, 0.2) is 0 Å². The molecule has 0 bridgehead atoms. The summed E-state index contributed by atoms with van der Waals surface area (Å²) < 4.78 is 0. The van der Waals surface area contributed by atoms with Gasteiger partial charge in [-0.25, -0.2) is 4.98 Å². The van der Waals surface area contributed by atoms with E-state index >= 15 is 0 Å². The van der Waals surface area contributed by atoms with E-state index in [-0.39, 0.29) is 5.91 Å². The lowest BCUT2D eigenvalue weighted by molar-refractivity contribution is 0.0929. The van der Waals surface area contributed by atoms with Crippen molar-refractivity contribution in [3.05, 3.63) is 65.2 Å². The lowest BCUT2D eigenvalue weighted by atomic mass is 9.93. The van der Waals surface area contributed by atoms with Crippen LogP contribution in [0, 0.1) is 13.8 Å². The van der Waals surface area contributed by atoms with E-state index in [4.69, 9.17) is 4.98 Å². The first-order valence-corrected chi connectivity index (χ1v) is 9.91. The third-order valence-corrected chi connectivity index (χ3v) is 5.63. The van der Waals surface area contributed by atoms with Crippen LogP contribution >= 0.6 is 0 Å². The molecular formula is C24H26N2O. The van der Waals surface area contributed by atoms with Crippen LogP contribution in [0.5, 0.6) is 0 Å². The van der Waals surface area contributed by atoms with Gasteiger partial charge >= 0.3 is 0 Å². The van der Waals surface area contributed by atoms with Crippen molar-refractivity contribution in [2.75, 3.05) is 0 Å². The number of carbonyl (C=O) groups excluding carboxylic acids is 1. The minimum absolute atomic E-state index is 0.0337. The maximum Gasteiger partial charge on any atom is 0.252 e. The van der Waals surface area contributed by atoms with Crippen LogP contribution in [0.2, 0.25) is 0 Å². The van der Waals surface area contributed by atoms with Crippen LogP contribution in [-0.2, 0) is 0 Å². The largest absolute Gasteiger partial charge is 0.349 e. The van der Waals surface area contributed by atoms with Gasteiger partial charge in [-0.1, -0.05) is 67.3 Å².